The number of hydrogen-bond acceptors (Lipinski definition) is 6. The highest BCUT2D eigenvalue weighted by Crippen LogP contribution is 2.35. The van der Waals surface area contributed by atoms with Gasteiger partial charge < -0.3 is 30.4 Å². The monoisotopic (exact) mass is 534 g/mol. The predicted octanol–water partition coefficient (Wildman–Crippen LogP) is 2.03. The number of aromatic nitrogens is 1. The van der Waals surface area contributed by atoms with Crippen LogP contribution in [-0.4, -0.2) is 80.9 Å². The molecule has 0 radical (unpaired) electrons. The summed E-state index contributed by atoms with van der Waals surface area (Å²) in [5.74, 6) is -1.86. The summed E-state index contributed by atoms with van der Waals surface area (Å²) < 4.78 is 11.6. The molecule has 1 aliphatic heterocycles. The third kappa shape index (κ3) is 10.8. The zero-order valence-electron chi connectivity index (χ0n) is 21.1. The Balaban J connectivity index is 0.000000604. The van der Waals surface area contributed by atoms with E-state index in [9.17, 15) is 28.7 Å². The Morgan fingerprint density at radius 2 is 1.78 bits per heavy atom. The number of pyridine rings is 1. The summed E-state index contributed by atoms with van der Waals surface area (Å²) in [6.45, 7) is 5.79. The number of amides is 2. The topological polar surface area (TPSA) is 169 Å². The van der Waals surface area contributed by atoms with Gasteiger partial charge in [-0.05, 0) is 31.0 Å². The fourth-order valence-corrected chi connectivity index (χ4v) is 4.35. The Morgan fingerprint density at radius 3 is 2.32 bits per heavy atom. The average Bonchev–Trinajstić information content (AvgIpc) is 2.87. The standard InChI is InChI=1S/C20H25N4O5P.C5H10O2/c1-14-11-16(15-5-3-2-4-6-15)22-17(12-14)19(25)23-18(13-30(27,28)29)20(26)24-9-7-21-8-10-24;1-2-3-4-5(6)7/h2-6,11-12,18,21H,7-10,13H2,1H3,(H,23,25)(H2,27,28,29);2-4H2,1H3,(H,6,7). The number of aliphatic carboxylic acids is 1. The van der Waals surface area contributed by atoms with Crippen LogP contribution in [0.5, 0.6) is 0 Å². The van der Waals surface area contributed by atoms with E-state index in [1.165, 1.54) is 4.90 Å². The van der Waals surface area contributed by atoms with Crippen LogP contribution in [0.4, 0.5) is 0 Å². The van der Waals surface area contributed by atoms with Crippen LogP contribution in [0.15, 0.2) is 42.5 Å². The van der Waals surface area contributed by atoms with Crippen molar-refractivity contribution < 1.29 is 33.8 Å². The second-order valence-corrected chi connectivity index (χ2v) is 10.4. The van der Waals surface area contributed by atoms with Crippen LogP contribution in [0.2, 0.25) is 0 Å². The highest BCUT2D eigenvalue weighted by Gasteiger charge is 2.33. The maximum Gasteiger partial charge on any atom is 0.328 e. The van der Waals surface area contributed by atoms with Gasteiger partial charge in [0.2, 0.25) is 5.91 Å². The van der Waals surface area contributed by atoms with E-state index >= 15 is 0 Å². The Hall–Kier alpha value is -3.11. The van der Waals surface area contributed by atoms with Crippen LogP contribution in [0, 0.1) is 6.92 Å². The molecule has 0 bridgehead atoms. The summed E-state index contributed by atoms with van der Waals surface area (Å²) in [4.78, 5) is 60.1. The molecule has 1 unspecified atom stereocenters. The Kier molecular flexibility index (Phi) is 11.9. The number of hydrogen-bond donors (Lipinski definition) is 5. The molecule has 12 heteroatoms. The summed E-state index contributed by atoms with van der Waals surface area (Å²) in [6, 6.07) is 11.4. The second-order valence-electron chi connectivity index (χ2n) is 8.73. The van der Waals surface area contributed by atoms with E-state index in [-0.39, 0.29) is 5.69 Å². The quantitative estimate of drug-likeness (QED) is 0.302. The minimum absolute atomic E-state index is 0.0812. The molecule has 1 aromatic heterocycles. The summed E-state index contributed by atoms with van der Waals surface area (Å²) in [7, 11) is -4.54. The third-order valence-electron chi connectivity index (χ3n) is 5.47. The second kappa shape index (κ2) is 14.6. The molecule has 5 N–H and O–H groups in total. The van der Waals surface area contributed by atoms with Gasteiger partial charge in [0.05, 0.1) is 11.9 Å². The van der Waals surface area contributed by atoms with Crippen LogP contribution < -0.4 is 10.6 Å². The number of nitrogens with zero attached hydrogens (tertiary/aromatic N) is 2. The van der Waals surface area contributed by atoms with Crippen LogP contribution in [0.25, 0.3) is 11.3 Å². The third-order valence-corrected chi connectivity index (χ3v) is 6.31. The summed E-state index contributed by atoms with van der Waals surface area (Å²) >= 11 is 0. The van der Waals surface area contributed by atoms with Gasteiger partial charge in [-0.1, -0.05) is 43.7 Å². The molecule has 2 heterocycles. The molecule has 0 aliphatic carbocycles. The van der Waals surface area contributed by atoms with Crippen LogP contribution in [-0.2, 0) is 14.2 Å². The summed E-state index contributed by atoms with van der Waals surface area (Å²) in [6.07, 6.45) is 1.32. The van der Waals surface area contributed by atoms with Crippen molar-refractivity contribution in [2.75, 3.05) is 32.3 Å². The lowest BCUT2D eigenvalue weighted by Gasteiger charge is -2.31. The van der Waals surface area contributed by atoms with E-state index in [1.807, 2.05) is 50.2 Å². The minimum Gasteiger partial charge on any atom is -0.481 e. The molecule has 1 atom stereocenters. The zero-order chi connectivity index (χ0) is 27.4. The SMILES string of the molecule is CCCCC(=O)O.Cc1cc(C(=O)NC(CP(=O)(O)O)C(=O)N2CCNCC2)nc(-c2ccccc2)c1. The highest BCUT2D eigenvalue weighted by molar-refractivity contribution is 7.51. The van der Waals surface area contributed by atoms with Gasteiger partial charge >= 0.3 is 13.6 Å². The van der Waals surface area contributed by atoms with Gasteiger partial charge in [0.15, 0.2) is 0 Å². The number of unbranched alkanes of at least 4 members (excludes halogenated alkanes) is 1. The molecule has 37 heavy (non-hydrogen) atoms. The molecule has 1 aromatic carbocycles. The molecular weight excluding hydrogens is 499 g/mol. The Labute approximate surface area is 216 Å². The van der Waals surface area contributed by atoms with Crippen molar-refractivity contribution >= 4 is 25.4 Å². The van der Waals surface area contributed by atoms with Crippen LogP contribution in [0.1, 0.15) is 42.2 Å². The van der Waals surface area contributed by atoms with Crippen molar-refractivity contribution in [3.63, 3.8) is 0 Å². The maximum absolute atomic E-state index is 12.9. The first-order chi connectivity index (χ1) is 17.5. The number of carbonyl (C=O) groups is 3. The van der Waals surface area contributed by atoms with Crippen LogP contribution >= 0.6 is 7.60 Å². The first-order valence-electron chi connectivity index (χ1n) is 12.1. The molecule has 1 fully saturated rings. The lowest BCUT2D eigenvalue weighted by atomic mass is 10.1. The molecule has 1 aliphatic rings. The van der Waals surface area contributed by atoms with Crippen molar-refractivity contribution in [1.82, 2.24) is 20.5 Å². The molecule has 0 spiro atoms. The Bertz CT molecular complexity index is 1100. The summed E-state index contributed by atoms with van der Waals surface area (Å²) in [5.41, 5.74) is 2.31. The van der Waals surface area contributed by atoms with E-state index < -0.39 is 37.6 Å². The van der Waals surface area contributed by atoms with Crippen molar-refractivity contribution in [3.8, 4) is 11.3 Å². The maximum atomic E-state index is 12.9. The number of rotatable bonds is 9. The van der Waals surface area contributed by atoms with Gasteiger partial charge in [-0.2, -0.15) is 0 Å². The normalized spacial score (nSPS) is 14.2. The number of benzene rings is 1. The molecule has 2 aromatic rings. The number of piperazine rings is 1. The molecule has 2 amide bonds. The Morgan fingerprint density at radius 1 is 1.14 bits per heavy atom. The van der Waals surface area contributed by atoms with Crippen molar-refractivity contribution in [3.05, 3.63) is 53.7 Å². The number of carboxylic acid groups (broad SMARTS) is 1. The van der Waals surface area contributed by atoms with Gasteiger partial charge in [-0.15, -0.1) is 0 Å². The van der Waals surface area contributed by atoms with E-state index in [1.54, 1.807) is 6.07 Å². The first kappa shape index (κ1) is 30.1. The molecular formula is C25H35N4O7P. The number of nitrogens with one attached hydrogen (secondary N) is 2. The van der Waals surface area contributed by atoms with E-state index in [0.717, 1.165) is 24.0 Å². The van der Waals surface area contributed by atoms with Crippen molar-refractivity contribution in [2.24, 2.45) is 0 Å². The van der Waals surface area contributed by atoms with Crippen molar-refractivity contribution in [1.29, 1.82) is 0 Å². The molecule has 1 saturated heterocycles. The molecule has 11 nitrogen and oxygen atoms in total. The van der Waals surface area contributed by atoms with Gasteiger partial charge in [-0.25, -0.2) is 4.98 Å². The lowest BCUT2D eigenvalue weighted by molar-refractivity contribution is -0.137. The van der Waals surface area contributed by atoms with Gasteiger partial charge in [-0.3, -0.25) is 18.9 Å². The lowest BCUT2D eigenvalue weighted by Crippen LogP contribution is -2.55. The van der Waals surface area contributed by atoms with Gasteiger partial charge in [0.25, 0.3) is 5.91 Å². The number of carbonyl (C=O) groups excluding carboxylic acids is 2. The zero-order valence-corrected chi connectivity index (χ0v) is 22.0. The fraction of sp³-hybridized carbons (Fsp3) is 0.440. The summed E-state index contributed by atoms with van der Waals surface area (Å²) in [5, 5.41) is 13.6. The van der Waals surface area contributed by atoms with E-state index in [2.05, 4.69) is 15.6 Å². The largest absolute Gasteiger partial charge is 0.481 e. The van der Waals surface area contributed by atoms with E-state index in [4.69, 9.17) is 5.11 Å². The highest BCUT2D eigenvalue weighted by atomic mass is 31.2. The van der Waals surface area contributed by atoms with Crippen molar-refractivity contribution in [2.45, 2.75) is 39.2 Å². The predicted molar refractivity (Wildman–Crippen MR) is 139 cm³/mol. The van der Waals surface area contributed by atoms with Gasteiger partial charge in [0.1, 0.15) is 11.7 Å². The molecule has 202 valence electrons. The number of carboxylic acids is 1. The van der Waals surface area contributed by atoms with E-state index in [0.29, 0.717) is 38.3 Å². The molecule has 3 rings (SSSR count). The fourth-order valence-electron chi connectivity index (χ4n) is 3.63. The van der Waals surface area contributed by atoms with Crippen LogP contribution in [0.3, 0.4) is 0 Å². The smallest absolute Gasteiger partial charge is 0.328 e. The minimum atomic E-state index is -4.54. The average molecular weight is 535 g/mol. The van der Waals surface area contributed by atoms with Gasteiger partial charge in [0, 0.05) is 38.2 Å². The first-order valence-corrected chi connectivity index (χ1v) is 13.9. The molecule has 0 saturated carbocycles. The number of aryl methyl sites for hydroxylation is 1.